The number of carbonyl (C=O) groups is 1. The summed E-state index contributed by atoms with van der Waals surface area (Å²) in [5, 5.41) is 8.78. The van der Waals surface area contributed by atoms with Crippen LogP contribution in [0.1, 0.15) is 28.2 Å². The first-order chi connectivity index (χ1) is 15.2. The van der Waals surface area contributed by atoms with Gasteiger partial charge in [0, 0.05) is 44.2 Å². The van der Waals surface area contributed by atoms with Crippen LogP contribution in [0.3, 0.4) is 0 Å². The summed E-state index contributed by atoms with van der Waals surface area (Å²) in [7, 11) is 1.92. The molecule has 0 bridgehead atoms. The molecule has 0 unspecified atom stereocenters. The van der Waals surface area contributed by atoms with Crippen molar-refractivity contribution in [1.82, 2.24) is 24.8 Å². The molecular weight excluding hydrogens is 390 g/mol. The summed E-state index contributed by atoms with van der Waals surface area (Å²) in [4.78, 5) is 19.4. The molecule has 7 heteroatoms. The first-order valence-corrected chi connectivity index (χ1v) is 10.4. The number of fused-ring (bicyclic) bond motifs is 1. The highest BCUT2D eigenvalue weighted by molar-refractivity contribution is 5.79. The standard InChI is InChI=1S/C24H23N5O2/c1-28-20-12-13-29(22(30)15-18-10-6-3-7-11-18)16-19(20)23(26-28)24-25-21(27-31-24)14-17-8-4-2-5-9-17/h2-11H,12-16H2,1H3. The van der Waals surface area contributed by atoms with Crippen LogP contribution in [0.4, 0.5) is 0 Å². The minimum absolute atomic E-state index is 0.113. The van der Waals surface area contributed by atoms with Crippen LogP contribution in [0.5, 0.6) is 0 Å². The van der Waals surface area contributed by atoms with Crippen LogP contribution in [-0.4, -0.2) is 37.3 Å². The molecule has 5 rings (SSSR count). The van der Waals surface area contributed by atoms with E-state index >= 15 is 0 Å². The van der Waals surface area contributed by atoms with Gasteiger partial charge in [-0.15, -0.1) is 0 Å². The van der Waals surface area contributed by atoms with Crippen molar-refractivity contribution in [3.05, 3.63) is 88.9 Å². The third kappa shape index (κ3) is 3.99. The molecular formula is C24H23N5O2. The number of benzene rings is 2. The summed E-state index contributed by atoms with van der Waals surface area (Å²) in [5.41, 5.74) is 4.91. The number of aromatic nitrogens is 4. The molecule has 2 aromatic heterocycles. The van der Waals surface area contributed by atoms with E-state index in [0.717, 1.165) is 28.8 Å². The summed E-state index contributed by atoms with van der Waals surface area (Å²) < 4.78 is 7.42. The molecule has 3 heterocycles. The fourth-order valence-electron chi connectivity index (χ4n) is 4.06. The van der Waals surface area contributed by atoms with Crippen molar-refractivity contribution >= 4 is 5.91 Å². The molecule has 0 aliphatic carbocycles. The first kappa shape index (κ1) is 19.2. The van der Waals surface area contributed by atoms with Crippen LogP contribution in [0.15, 0.2) is 65.2 Å². The molecule has 0 radical (unpaired) electrons. The zero-order chi connectivity index (χ0) is 21.2. The van der Waals surface area contributed by atoms with Crippen LogP contribution in [0, 0.1) is 0 Å². The monoisotopic (exact) mass is 413 g/mol. The van der Waals surface area contributed by atoms with Crippen LogP contribution in [-0.2, 0) is 37.6 Å². The van der Waals surface area contributed by atoms with Gasteiger partial charge in [0.1, 0.15) is 0 Å². The molecule has 31 heavy (non-hydrogen) atoms. The Morgan fingerprint density at radius 2 is 1.74 bits per heavy atom. The van der Waals surface area contributed by atoms with Gasteiger partial charge in [-0.1, -0.05) is 65.8 Å². The van der Waals surface area contributed by atoms with Crippen LogP contribution >= 0.6 is 0 Å². The quantitative estimate of drug-likeness (QED) is 0.502. The largest absolute Gasteiger partial charge is 0.338 e. The molecule has 4 aromatic rings. The Kier molecular flexibility index (Phi) is 5.08. The van der Waals surface area contributed by atoms with E-state index in [4.69, 9.17) is 4.52 Å². The normalized spacial score (nSPS) is 13.3. The Morgan fingerprint density at radius 3 is 2.48 bits per heavy atom. The first-order valence-electron chi connectivity index (χ1n) is 10.4. The number of hydrogen-bond donors (Lipinski definition) is 0. The summed E-state index contributed by atoms with van der Waals surface area (Å²) >= 11 is 0. The smallest absolute Gasteiger partial charge is 0.278 e. The summed E-state index contributed by atoms with van der Waals surface area (Å²) in [6, 6.07) is 19.9. The number of nitrogens with zero attached hydrogens (tertiary/aromatic N) is 5. The van der Waals surface area contributed by atoms with Crippen LogP contribution in [0.2, 0.25) is 0 Å². The third-order valence-electron chi connectivity index (χ3n) is 5.67. The second-order valence-electron chi connectivity index (χ2n) is 7.80. The highest BCUT2D eigenvalue weighted by Crippen LogP contribution is 2.29. The lowest BCUT2D eigenvalue weighted by Crippen LogP contribution is -2.37. The van der Waals surface area contributed by atoms with Crippen molar-refractivity contribution in [3.63, 3.8) is 0 Å². The minimum Gasteiger partial charge on any atom is -0.338 e. The highest BCUT2D eigenvalue weighted by Gasteiger charge is 2.29. The van der Waals surface area contributed by atoms with Gasteiger partial charge in [-0.05, 0) is 11.1 Å². The zero-order valence-electron chi connectivity index (χ0n) is 17.4. The van der Waals surface area contributed by atoms with Gasteiger partial charge in [0.05, 0.1) is 6.42 Å². The van der Waals surface area contributed by atoms with Crippen molar-refractivity contribution in [2.75, 3.05) is 6.54 Å². The fraction of sp³-hybridized carbons (Fsp3) is 0.250. The lowest BCUT2D eigenvalue weighted by molar-refractivity contribution is -0.131. The molecule has 0 fully saturated rings. The molecule has 0 saturated heterocycles. The molecule has 7 nitrogen and oxygen atoms in total. The van der Waals surface area contributed by atoms with E-state index < -0.39 is 0 Å². The van der Waals surface area contributed by atoms with Gasteiger partial charge in [-0.2, -0.15) is 10.1 Å². The van der Waals surface area contributed by atoms with Crippen LogP contribution in [0.25, 0.3) is 11.6 Å². The van der Waals surface area contributed by atoms with Gasteiger partial charge in [-0.25, -0.2) is 0 Å². The number of carbonyl (C=O) groups excluding carboxylic acids is 1. The molecule has 2 aromatic carbocycles. The van der Waals surface area contributed by atoms with E-state index in [0.29, 0.717) is 43.3 Å². The van der Waals surface area contributed by atoms with Crippen molar-refractivity contribution in [1.29, 1.82) is 0 Å². The molecule has 0 spiro atoms. The average Bonchev–Trinajstić information content (AvgIpc) is 3.39. The number of hydrogen-bond acceptors (Lipinski definition) is 5. The highest BCUT2D eigenvalue weighted by atomic mass is 16.5. The van der Waals surface area contributed by atoms with E-state index in [1.54, 1.807) is 0 Å². The average molecular weight is 413 g/mol. The van der Waals surface area contributed by atoms with E-state index in [9.17, 15) is 4.79 Å². The summed E-state index contributed by atoms with van der Waals surface area (Å²) in [6.07, 6.45) is 1.75. The number of aryl methyl sites for hydroxylation is 1. The Labute approximate surface area is 180 Å². The van der Waals surface area contributed by atoms with Gasteiger partial charge in [0.2, 0.25) is 5.91 Å². The van der Waals surface area contributed by atoms with E-state index in [1.807, 2.05) is 77.3 Å². The second-order valence-corrected chi connectivity index (χ2v) is 7.80. The predicted molar refractivity (Wildman–Crippen MR) is 115 cm³/mol. The number of rotatable bonds is 5. The fourth-order valence-corrected chi connectivity index (χ4v) is 4.06. The van der Waals surface area contributed by atoms with Gasteiger partial charge >= 0.3 is 0 Å². The van der Waals surface area contributed by atoms with Gasteiger partial charge < -0.3 is 9.42 Å². The molecule has 1 aliphatic heterocycles. The van der Waals surface area contributed by atoms with Gasteiger partial charge in [-0.3, -0.25) is 9.48 Å². The van der Waals surface area contributed by atoms with Crippen LogP contribution < -0.4 is 0 Å². The Hall–Kier alpha value is -3.74. The molecule has 1 amide bonds. The topological polar surface area (TPSA) is 77.1 Å². The molecule has 0 N–H and O–H groups in total. The summed E-state index contributed by atoms with van der Waals surface area (Å²) in [5.74, 6) is 1.13. The molecule has 1 aliphatic rings. The Bertz CT molecular complexity index is 1200. The van der Waals surface area contributed by atoms with Crippen molar-refractivity contribution in [3.8, 4) is 11.6 Å². The van der Waals surface area contributed by atoms with Gasteiger partial charge in [0.15, 0.2) is 11.5 Å². The van der Waals surface area contributed by atoms with Crippen molar-refractivity contribution < 1.29 is 9.32 Å². The zero-order valence-corrected chi connectivity index (χ0v) is 17.4. The summed E-state index contributed by atoms with van der Waals surface area (Å²) in [6.45, 7) is 1.18. The maximum atomic E-state index is 12.9. The lowest BCUT2D eigenvalue weighted by Gasteiger charge is -2.27. The SMILES string of the molecule is Cn1nc(-c2nc(Cc3ccccc3)no2)c2c1CCN(C(=O)Cc1ccccc1)C2. The molecule has 0 saturated carbocycles. The van der Waals surface area contributed by atoms with Gasteiger partial charge in [0.25, 0.3) is 5.89 Å². The Balaban J connectivity index is 1.36. The maximum Gasteiger partial charge on any atom is 0.278 e. The lowest BCUT2D eigenvalue weighted by atomic mass is 10.0. The van der Waals surface area contributed by atoms with E-state index in [2.05, 4.69) is 15.2 Å². The Morgan fingerprint density at radius 1 is 1.03 bits per heavy atom. The van der Waals surface area contributed by atoms with Crippen molar-refractivity contribution in [2.24, 2.45) is 7.05 Å². The molecule has 0 atom stereocenters. The number of amides is 1. The minimum atomic E-state index is 0.113. The van der Waals surface area contributed by atoms with E-state index in [-0.39, 0.29) is 5.91 Å². The predicted octanol–water partition coefficient (Wildman–Crippen LogP) is 3.19. The maximum absolute atomic E-state index is 12.9. The van der Waals surface area contributed by atoms with Crippen molar-refractivity contribution in [2.45, 2.75) is 25.8 Å². The molecule has 156 valence electrons. The van der Waals surface area contributed by atoms with E-state index in [1.165, 1.54) is 0 Å². The second kappa shape index (κ2) is 8.18. The third-order valence-corrected chi connectivity index (χ3v) is 5.67.